The van der Waals surface area contributed by atoms with Gasteiger partial charge in [0.05, 0.1) is 11.3 Å². The summed E-state index contributed by atoms with van der Waals surface area (Å²) in [6.45, 7) is 5.47. The van der Waals surface area contributed by atoms with E-state index in [2.05, 4.69) is 38.4 Å². The zero-order valence-electron chi connectivity index (χ0n) is 16.2. The van der Waals surface area contributed by atoms with Crippen LogP contribution in [0.15, 0.2) is 10.7 Å². The van der Waals surface area contributed by atoms with E-state index in [9.17, 15) is 4.79 Å². The third-order valence-electron chi connectivity index (χ3n) is 6.47. The minimum atomic E-state index is -0.0463. The largest absolute Gasteiger partial charge is 0.358 e. The van der Waals surface area contributed by atoms with Gasteiger partial charge in [0.25, 0.3) is 5.91 Å². The van der Waals surface area contributed by atoms with Crippen molar-refractivity contribution in [1.29, 1.82) is 0 Å². The van der Waals surface area contributed by atoms with E-state index in [0.29, 0.717) is 5.92 Å². The molecule has 0 spiro atoms. The molecule has 2 fully saturated rings. The number of H-pyrrole nitrogens is 1. The van der Waals surface area contributed by atoms with Crippen molar-refractivity contribution in [2.45, 2.75) is 45.1 Å². The molecule has 5 rings (SSSR count). The van der Waals surface area contributed by atoms with Crippen molar-refractivity contribution >= 4 is 17.7 Å². The average Bonchev–Trinajstić information content (AvgIpc) is 3.38. The second kappa shape index (κ2) is 6.91. The number of aryl methyl sites for hydroxylation is 1. The molecule has 4 aliphatic rings. The first-order valence-electron chi connectivity index (χ1n) is 10.4. The fourth-order valence-corrected chi connectivity index (χ4v) is 4.61. The van der Waals surface area contributed by atoms with Crippen molar-refractivity contribution in [3.8, 4) is 0 Å². The molecule has 0 unspecified atom stereocenters. The highest BCUT2D eigenvalue weighted by Gasteiger charge is 2.36. The summed E-state index contributed by atoms with van der Waals surface area (Å²) in [5.41, 5.74) is 9.88. The van der Waals surface area contributed by atoms with Crippen LogP contribution in [-0.2, 0) is 24.2 Å². The Kier molecular flexibility index (Phi) is 4.40. The molecule has 27 heavy (non-hydrogen) atoms. The number of carbonyl (C=O) groups is 1. The van der Waals surface area contributed by atoms with E-state index in [0.717, 1.165) is 75.4 Å². The molecule has 2 aliphatic heterocycles. The molecule has 6 nitrogen and oxygen atoms in total. The fourth-order valence-electron chi connectivity index (χ4n) is 4.61. The van der Waals surface area contributed by atoms with Gasteiger partial charge >= 0.3 is 0 Å². The Morgan fingerprint density at radius 3 is 2.70 bits per heavy atom. The molecule has 1 aromatic heterocycles. The maximum atomic E-state index is 12.4. The number of hydrogen-bond acceptors (Lipinski definition) is 4. The van der Waals surface area contributed by atoms with E-state index in [1.807, 2.05) is 0 Å². The van der Waals surface area contributed by atoms with Crippen LogP contribution in [0.1, 0.15) is 48.2 Å². The molecule has 3 heterocycles. The minimum Gasteiger partial charge on any atom is -0.358 e. The molecule has 0 atom stereocenters. The number of aromatic nitrogens is 1. The zero-order valence-corrected chi connectivity index (χ0v) is 16.2. The fraction of sp³-hybridized carbons (Fsp3) is 0.619. The van der Waals surface area contributed by atoms with Crippen molar-refractivity contribution < 1.29 is 4.79 Å². The number of piperazine rings is 1. The molecule has 2 aliphatic carbocycles. The summed E-state index contributed by atoms with van der Waals surface area (Å²) in [6, 6.07) is 0. The van der Waals surface area contributed by atoms with Crippen molar-refractivity contribution in [3.05, 3.63) is 28.1 Å². The Morgan fingerprint density at radius 1 is 1.15 bits per heavy atom. The molecule has 0 radical (unpaired) electrons. The van der Waals surface area contributed by atoms with Crippen LogP contribution >= 0.6 is 0 Å². The highest BCUT2D eigenvalue weighted by atomic mass is 16.2. The first-order chi connectivity index (χ1) is 13.2. The zero-order chi connectivity index (χ0) is 18.4. The van der Waals surface area contributed by atoms with Crippen LogP contribution in [0.25, 0.3) is 6.08 Å². The normalized spacial score (nSPS) is 25.6. The summed E-state index contributed by atoms with van der Waals surface area (Å²) in [5.74, 6) is 0.427. The summed E-state index contributed by atoms with van der Waals surface area (Å²) < 4.78 is 0. The Labute approximate surface area is 160 Å². The first-order valence-corrected chi connectivity index (χ1v) is 10.4. The van der Waals surface area contributed by atoms with Crippen LogP contribution < -0.4 is 5.43 Å². The second-order valence-electron chi connectivity index (χ2n) is 8.53. The third-order valence-corrected chi connectivity index (χ3v) is 6.47. The van der Waals surface area contributed by atoms with Crippen LogP contribution in [0.5, 0.6) is 0 Å². The van der Waals surface area contributed by atoms with Gasteiger partial charge in [0.15, 0.2) is 0 Å². The predicted octanol–water partition coefficient (Wildman–Crippen LogP) is 1.92. The van der Waals surface area contributed by atoms with Gasteiger partial charge in [-0.3, -0.25) is 9.69 Å². The van der Waals surface area contributed by atoms with Gasteiger partial charge in [0.1, 0.15) is 0 Å². The molecule has 1 aromatic rings. The number of nitrogens with one attached hydrogen (secondary N) is 2. The number of amides is 1. The van der Waals surface area contributed by atoms with Crippen molar-refractivity contribution in [3.63, 3.8) is 0 Å². The number of aromatic amines is 1. The Bertz CT molecular complexity index is 809. The van der Waals surface area contributed by atoms with E-state index in [4.69, 9.17) is 0 Å². The van der Waals surface area contributed by atoms with E-state index >= 15 is 0 Å². The summed E-state index contributed by atoms with van der Waals surface area (Å²) >= 11 is 0. The highest BCUT2D eigenvalue weighted by Crippen LogP contribution is 2.36. The van der Waals surface area contributed by atoms with Crippen LogP contribution in [0, 0.1) is 5.92 Å². The van der Waals surface area contributed by atoms with E-state index in [1.54, 1.807) is 0 Å². The van der Waals surface area contributed by atoms with Crippen molar-refractivity contribution in [1.82, 2.24) is 20.2 Å². The number of fused-ring (bicyclic) bond motifs is 1. The summed E-state index contributed by atoms with van der Waals surface area (Å²) in [4.78, 5) is 21.0. The molecule has 1 saturated heterocycles. The van der Waals surface area contributed by atoms with Crippen LogP contribution in [0.3, 0.4) is 0 Å². The van der Waals surface area contributed by atoms with E-state index in [-0.39, 0.29) is 5.91 Å². The molecule has 0 aromatic carbocycles. The lowest BCUT2D eigenvalue weighted by atomic mass is 9.93. The van der Waals surface area contributed by atoms with Gasteiger partial charge in [-0.05, 0) is 62.8 Å². The molecule has 1 saturated carbocycles. The monoisotopic (exact) mass is 367 g/mol. The van der Waals surface area contributed by atoms with E-state index < -0.39 is 0 Å². The highest BCUT2D eigenvalue weighted by molar-refractivity contribution is 6.28. The average molecular weight is 367 g/mol. The molecule has 1 amide bonds. The van der Waals surface area contributed by atoms with Crippen LogP contribution in [0.2, 0.25) is 0 Å². The third kappa shape index (κ3) is 3.36. The molecular weight excluding hydrogens is 338 g/mol. The van der Waals surface area contributed by atoms with Gasteiger partial charge in [0, 0.05) is 50.0 Å². The number of hydrogen-bond donors (Lipinski definition) is 2. The van der Waals surface area contributed by atoms with Gasteiger partial charge in [0.2, 0.25) is 0 Å². The number of rotatable bonds is 4. The maximum absolute atomic E-state index is 12.4. The summed E-state index contributed by atoms with van der Waals surface area (Å²) in [5, 5.41) is 4.31. The van der Waals surface area contributed by atoms with Gasteiger partial charge < -0.3 is 9.88 Å². The summed E-state index contributed by atoms with van der Waals surface area (Å²) in [7, 11) is 2.20. The maximum Gasteiger partial charge on any atom is 0.273 e. The first kappa shape index (κ1) is 17.2. The molecule has 144 valence electrons. The lowest BCUT2D eigenvalue weighted by Crippen LogP contribution is -2.44. The lowest BCUT2D eigenvalue weighted by Gasteiger charge is -2.32. The van der Waals surface area contributed by atoms with Crippen molar-refractivity contribution in [2.75, 3.05) is 33.2 Å². The SMILES string of the molecule is CN1CCN(Cc2c(/C=C3/C(=O)NN=C3C3CC3)[nH]c3c2CCCC3)CC1. The smallest absolute Gasteiger partial charge is 0.273 e. The Hall–Kier alpha value is -1.92. The quantitative estimate of drug-likeness (QED) is 0.799. The van der Waals surface area contributed by atoms with Gasteiger partial charge in [-0.15, -0.1) is 0 Å². The Balaban J connectivity index is 1.48. The number of hydrazone groups is 1. The Morgan fingerprint density at radius 2 is 1.93 bits per heavy atom. The second-order valence-corrected chi connectivity index (χ2v) is 8.53. The predicted molar refractivity (Wildman–Crippen MR) is 106 cm³/mol. The molecule has 0 bridgehead atoms. The van der Waals surface area contributed by atoms with Gasteiger partial charge in [-0.1, -0.05) is 0 Å². The lowest BCUT2D eigenvalue weighted by molar-refractivity contribution is -0.116. The van der Waals surface area contributed by atoms with Crippen molar-refractivity contribution in [2.24, 2.45) is 11.0 Å². The number of carbonyl (C=O) groups excluding carboxylic acids is 1. The van der Waals surface area contributed by atoms with E-state index in [1.165, 1.54) is 29.7 Å². The molecular formula is C21H29N5O. The molecule has 6 heteroatoms. The minimum absolute atomic E-state index is 0.0463. The number of likely N-dealkylation sites (N-methyl/N-ethyl adjacent to an activating group) is 1. The number of nitrogens with zero attached hydrogens (tertiary/aromatic N) is 3. The molecule has 2 N–H and O–H groups in total. The van der Waals surface area contributed by atoms with Gasteiger partial charge in [-0.25, -0.2) is 5.43 Å². The van der Waals surface area contributed by atoms with Gasteiger partial charge in [-0.2, -0.15) is 5.10 Å². The standard InChI is InChI=1S/C21H29N5O/c1-25-8-10-26(11-9-25)13-17-15-4-2-3-5-18(15)22-19(17)12-16-20(14-6-7-14)23-24-21(16)27/h12,14,22H,2-11,13H2,1H3,(H,24,27)/b16-12+. The van der Waals surface area contributed by atoms with Crippen LogP contribution in [-0.4, -0.2) is 59.6 Å². The summed E-state index contributed by atoms with van der Waals surface area (Å²) in [6.07, 6.45) is 9.21. The van der Waals surface area contributed by atoms with Crippen LogP contribution in [0.4, 0.5) is 0 Å². The topological polar surface area (TPSA) is 63.7 Å².